The number of rotatable bonds is 10. The third-order valence-electron chi connectivity index (χ3n) is 1.90. The van der Waals surface area contributed by atoms with E-state index in [1.54, 1.807) is 0 Å². The van der Waals surface area contributed by atoms with E-state index in [-0.39, 0.29) is 5.78 Å². The first-order valence-electron chi connectivity index (χ1n) is 5.76. The highest BCUT2D eigenvalue weighted by Crippen LogP contribution is 2.51. The second-order valence-corrected chi connectivity index (χ2v) is 6.24. The molecule has 0 spiro atoms. The first-order valence-corrected chi connectivity index (χ1v) is 8.32. The van der Waals surface area contributed by atoms with Crippen LogP contribution in [0.3, 0.4) is 0 Å². The van der Waals surface area contributed by atoms with Gasteiger partial charge in [0.05, 0.1) is 13.2 Å². The standard InChI is InChI=1S/C11H21O4PS/c1-5-9-11(10(12)6-2)15-16(17,13-7-3)14-8-4/h6,11H,2,5,7-9H2,1,3-4H3. The first-order chi connectivity index (χ1) is 8.02. The normalized spacial score (nSPS) is 13.4. The molecule has 0 aliphatic carbocycles. The predicted octanol–water partition coefficient (Wildman–Crippen LogP) is 3.22. The average molecular weight is 280 g/mol. The molecule has 0 saturated carbocycles. The van der Waals surface area contributed by atoms with Crippen LogP contribution >= 0.6 is 6.72 Å². The van der Waals surface area contributed by atoms with Crippen molar-refractivity contribution in [2.75, 3.05) is 13.2 Å². The molecule has 0 aromatic carbocycles. The van der Waals surface area contributed by atoms with Gasteiger partial charge in [0.15, 0.2) is 5.78 Å². The summed E-state index contributed by atoms with van der Waals surface area (Å²) in [7, 11) is 0. The summed E-state index contributed by atoms with van der Waals surface area (Å²) in [6, 6.07) is 0. The van der Waals surface area contributed by atoms with Gasteiger partial charge >= 0.3 is 6.72 Å². The fraction of sp³-hybridized carbons (Fsp3) is 0.727. The summed E-state index contributed by atoms with van der Waals surface area (Å²) in [4.78, 5) is 11.6. The second kappa shape index (κ2) is 8.95. The molecule has 17 heavy (non-hydrogen) atoms. The van der Waals surface area contributed by atoms with Gasteiger partial charge < -0.3 is 9.05 Å². The highest BCUT2D eigenvalue weighted by molar-refractivity contribution is 8.07. The van der Waals surface area contributed by atoms with Crippen LogP contribution in [0.2, 0.25) is 0 Å². The summed E-state index contributed by atoms with van der Waals surface area (Å²) in [6.45, 7) is 7.04. The van der Waals surface area contributed by atoms with Gasteiger partial charge in [-0.25, -0.2) is 0 Å². The van der Waals surface area contributed by atoms with E-state index in [1.807, 2.05) is 20.8 Å². The number of carbonyl (C=O) groups excluding carboxylic acids is 1. The van der Waals surface area contributed by atoms with E-state index in [9.17, 15) is 4.79 Å². The third kappa shape index (κ3) is 6.43. The van der Waals surface area contributed by atoms with Crippen LogP contribution in [0.5, 0.6) is 0 Å². The Balaban J connectivity index is 4.72. The van der Waals surface area contributed by atoms with Crippen LogP contribution in [-0.2, 0) is 30.2 Å². The third-order valence-corrected chi connectivity index (χ3v) is 4.45. The number of hydrogen-bond acceptors (Lipinski definition) is 5. The Morgan fingerprint density at radius 2 is 1.88 bits per heavy atom. The lowest BCUT2D eigenvalue weighted by Gasteiger charge is -2.24. The molecule has 1 atom stereocenters. The van der Waals surface area contributed by atoms with Crippen molar-refractivity contribution in [3.05, 3.63) is 12.7 Å². The number of ketones is 1. The molecule has 1 unspecified atom stereocenters. The SMILES string of the molecule is C=CC(=O)C(CCC)OP(=S)(OCC)OCC. The summed E-state index contributed by atoms with van der Waals surface area (Å²) < 4.78 is 16.2. The van der Waals surface area contributed by atoms with E-state index in [4.69, 9.17) is 25.4 Å². The molecule has 4 nitrogen and oxygen atoms in total. The van der Waals surface area contributed by atoms with Gasteiger partial charge in [-0.15, -0.1) is 0 Å². The van der Waals surface area contributed by atoms with Crippen molar-refractivity contribution < 1.29 is 18.4 Å². The molecule has 6 heteroatoms. The molecule has 100 valence electrons. The average Bonchev–Trinajstić information content (AvgIpc) is 2.28. The fourth-order valence-electron chi connectivity index (χ4n) is 1.21. The Morgan fingerprint density at radius 3 is 2.24 bits per heavy atom. The van der Waals surface area contributed by atoms with Crippen LogP contribution in [0, 0.1) is 0 Å². The van der Waals surface area contributed by atoms with E-state index < -0.39 is 12.8 Å². The Bertz CT molecular complexity index is 283. The lowest BCUT2D eigenvalue weighted by atomic mass is 10.1. The maximum atomic E-state index is 11.6. The number of hydrogen-bond donors (Lipinski definition) is 0. The molecule has 0 fully saturated rings. The zero-order valence-corrected chi connectivity index (χ0v) is 12.4. The smallest absolute Gasteiger partial charge is 0.309 e. The van der Waals surface area contributed by atoms with Gasteiger partial charge in [-0.3, -0.25) is 9.32 Å². The van der Waals surface area contributed by atoms with E-state index in [2.05, 4.69) is 6.58 Å². The predicted molar refractivity (Wildman–Crippen MR) is 72.5 cm³/mol. The summed E-state index contributed by atoms with van der Waals surface area (Å²) in [6.07, 6.45) is 2.04. The van der Waals surface area contributed by atoms with Gasteiger partial charge in [0.1, 0.15) is 6.10 Å². The largest absolute Gasteiger partial charge is 0.327 e. The minimum absolute atomic E-state index is 0.180. The van der Waals surface area contributed by atoms with Gasteiger partial charge in [-0.1, -0.05) is 19.9 Å². The summed E-state index contributed by atoms with van der Waals surface area (Å²) in [5.74, 6) is -0.180. The minimum Gasteiger partial charge on any atom is -0.309 e. The molecule has 0 amide bonds. The van der Waals surface area contributed by atoms with Crippen molar-refractivity contribution in [2.45, 2.75) is 39.7 Å². The van der Waals surface area contributed by atoms with Crippen molar-refractivity contribution >= 4 is 24.3 Å². The molecule has 0 aliphatic rings. The van der Waals surface area contributed by atoms with Crippen molar-refractivity contribution in [1.29, 1.82) is 0 Å². The molecule has 0 bridgehead atoms. The lowest BCUT2D eigenvalue weighted by molar-refractivity contribution is -0.121. The Hall–Kier alpha value is -0.0600. The first kappa shape index (κ1) is 16.9. The molecular formula is C11H21O4PS. The Morgan fingerprint density at radius 1 is 1.35 bits per heavy atom. The quantitative estimate of drug-likeness (QED) is 0.454. The topological polar surface area (TPSA) is 44.8 Å². The van der Waals surface area contributed by atoms with Gasteiger partial charge in [-0.05, 0) is 38.2 Å². The zero-order chi connectivity index (χ0) is 13.3. The van der Waals surface area contributed by atoms with Crippen molar-refractivity contribution in [3.63, 3.8) is 0 Å². The van der Waals surface area contributed by atoms with E-state index >= 15 is 0 Å². The van der Waals surface area contributed by atoms with E-state index in [0.29, 0.717) is 19.6 Å². The van der Waals surface area contributed by atoms with E-state index in [0.717, 1.165) is 6.42 Å². The highest BCUT2D eigenvalue weighted by Gasteiger charge is 2.27. The highest BCUT2D eigenvalue weighted by atomic mass is 32.5. The molecular weight excluding hydrogens is 259 g/mol. The summed E-state index contributed by atoms with van der Waals surface area (Å²) in [5.41, 5.74) is 0. The van der Waals surface area contributed by atoms with Crippen LogP contribution in [0.15, 0.2) is 12.7 Å². The number of carbonyl (C=O) groups is 1. The van der Waals surface area contributed by atoms with Crippen LogP contribution in [0.1, 0.15) is 33.6 Å². The van der Waals surface area contributed by atoms with Crippen molar-refractivity contribution in [2.24, 2.45) is 0 Å². The lowest BCUT2D eigenvalue weighted by Crippen LogP contribution is -2.22. The summed E-state index contributed by atoms with van der Waals surface area (Å²) >= 11 is 5.22. The van der Waals surface area contributed by atoms with Crippen LogP contribution in [-0.4, -0.2) is 25.1 Å². The van der Waals surface area contributed by atoms with Crippen molar-refractivity contribution in [1.82, 2.24) is 0 Å². The molecule has 0 heterocycles. The van der Waals surface area contributed by atoms with Gasteiger partial charge in [0.2, 0.25) is 0 Å². The van der Waals surface area contributed by atoms with Crippen LogP contribution in [0.4, 0.5) is 0 Å². The minimum atomic E-state index is -2.81. The molecule has 0 radical (unpaired) electrons. The maximum absolute atomic E-state index is 11.6. The van der Waals surface area contributed by atoms with E-state index in [1.165, 1.54) is 6.08 Å². The molecule has 0 saturated heterocycles. The van der Waals surface area contributed by atoms with Gasteiger partial charge in [0.25, 0.3) is 0 Å². The monoisotopic (exact) mass is 280 g/mol. The zero-order valence-electron chi connectivity index (χ0n) is 10.7. The fourth-order valence-corrected chi connectivity index (χ4v) is 3.50. The second-order valence-electron chi connectivity index (χ2n) is 3.27. The van der Waals surface area contributed by atoms with Crippen LogP contribution < -0.4 is 0 Å². The summed E-state index contributed by atoms with van der Waals surface area (Å²) in [5, 5.41) is 0. The molecule has 0 aromatic rings. The Labute approximate surface area is 109 Å². The molecule has 0 N–H and O–H groups in total. The Kier molecular flexibility index (Phi) is 8.92. The maximum Gasteiger partial charge on any atom is 0.327 e. The van der Waals surface area contributed by atoms with Gasteiger partial charge in [-0.2, -0.15) is 0 Å². The molecule has 0 aromatic heterocycles. The molecule has 0 aliphatic heterocycles. The molecule has 0 rings (SSSR count). The van der Waals surface area contributed by atoms with Crippen molar-refractivity contribution in [3.8, 4) is 0 Å². The van der Waals surface area contributed by atoms with Gasteiger partial charge in [0, 0.05) is 0 Å². The van der Waals surface area contributed by atoms with Crippen LogP contribution in [0.25, 0.3) is 0 Å².